The first-order valence-corrected chi connectivity index (χ1v) is 11.0. The predicted molar refractivity (Wildman–Crippen MR) is 122 cm³/mol. The van der Waals surface area contributed by atoms with Crippen molar-refractivity contribution < 1.29 is 29.0 Å². The molecule has 10 nitrogen and oxygen atoms in total. The van der Waals surface area contributed by atoms with Gasteiger partial charge in [0, 0.05) is 25.1 Å². The van der Waals surface area contributed by atoms with Gasteiger partial charge < -0.3 is 24.8 Å². The summed E-state index contributed by atoms with van der Waals surface area (Å²) in [4.78, 5) is 38.2. The van der Waals surface area contributed by atoms with Gasteiger partial charge >= 0.3 is 6.09 Å². The van der Waals surface area contributed by atoms with Crippen molar-refractivity contribution in [3.05, 3.63) is 23.8 Å². The molecule has 0 aromatic heterocycles. The molecule has 0 unspecified atom stereocenters. The van der Waals surface area contributed by atoms with Crippen LogP contribution in [0.25, 0.3) is 0 Å². The molecular formula is C23H32N4O6. The number of hydrazone groups is 1. The average Bonchev–Trinajstić information content (AvgIpc) is 2.79. The highest BCUT2D eigenvalue weighted by Gasteiger charge is 2.42. The van der Waals surface area contributed by atoms with E-state index < -0.39 is 17.6 Å². The molecule has 3 amide bonds. The molecule has 1 atom stereocenters. The molecule has 1 saturated heterocycles. The number of amides is 3. The molecule has 0 aliphatic carbocycles. The molecule has 2 N–H and O–H groups in total. The fraction of sp³-hybridized carbons (Fsp3) is 0.565. The summed E-state index contributed by atoms with van der Waals surface area (Å²) in [6.07, 6.45) is 0.392. The lowest BCUT2D eigenvalue weighted by Gasteiger charge is -2.42. The van der Waals surface area contributed by atoms with Crippen LogP contribution in [0.4, 0.5) is 4.79 Å². The van der Waals surface area contributed by atoms with E-state index in [9.17, 15) is 14.4 Å². The Hall–Kier alpha value is -3.30. The third-order valence-electron chi connectivity index (χ3n) is 6.17. The van der Waals surface area contributed by atoms with E-state index in [-0.39, 0.29) is 17.9 Å². The van der Waals surface area contributed by atoms with Crippen LogP contribution in [0.2, 0.25) is 0 Å². The lowest BCUT2D eigenvalue weighted by molar-refractivity contribution is -0.145. The van der Waals surface area contributed by atoms with Gasteiger partial charge in [-0.25, -0.2) is 9.80 Å². The van der Waals surface area contributed by atoms with Gasteiger partial charge in [0.1, 0.15) is 6.04 Å². The predicted octanol–water partition coefficient (Wildman–Crippen LogP) is 2.31. The molecule has 0 spiro atoms. The molecule has 1 aromatic carbocycles. The monoisotopic (exact) mass is 460 g/mol. The molecule has 180 valence electrons. The first-order valence-electron chi connectivity index (χ1n) is 11.0. The van der Waals surface area contributed by atoms with Gasteiger partial charge in [-0.3, -0.25) is 9.59 Å². The summed E-state index contributed by atoms with van der Waals surface area (Å²) in [6, 6.07) is 4.63. The third-order valence-corrected chi connectivity index (χ3v) is 6.17. The summed E-state index contributed by atoms with van der Waals surface area (Å²) >= 11 is 0. The van der Waals surface area contributed by atoms with Crippen molar-refractivity contribution in [3.8, 4) is 11.5 Å². The number of hydrogen-bond acceptors (Lipinski definition) is 6. The number of ether oxygens (including phenoxy) is 2. The molecular weight excluding hydrogens is 428 g/mol. The summed E-state index contributed by atoms with van der Waals surface area (Å²) in [7, 11) is 3.15. The molecule has 10 heteroatoms. The van der Waals surface area contributed by atoms with E-state index in [1.807, 2.05) is 32.0 Å². The van der Waals surface area contributed by atoms with Crippen molar-refractivity contribution in [2.45, 2.75) is 52.1 Å². The van der Waals surface area contributed by atoms with Gasteiger partial charge in [-0.05, 0) is 38.0 Å². The quantitative estimate of drug-likeness (QED) is 0.672. The smallest absolute Gasteiger partial charge is 0.405 e. The summed E-state index contributed by atoms with van der Waals surface area (Å²) < 4.78 is 10.7. The normalized spacial score (nSPS) is 19.5. The van der Waals surface area contributed by atoms with Crippen LogP contribution in [-0.2, 0) is 9.59 Å². The molecule has 0 bridgehead atoms. The zero-order valence-corrected chi connectivity index (χ0v) is 19.8. The third kappa shape index (κ3) is 5.20. The number of rotatable bonds is 6. The highest BCUT2D eigenvalue weighted by Crippen LogP contribution is 2.36. The largest absolute Gasteiger partial charge is 0.493 e. The maximum Gasteiger partial charge on any atom is 0.405 e. The second-order valence-corrected chi connectivity index (χ2v) is 9.05. The van der Waals surface area contributed by atoms with Crippen LogP contribution >= 0.6 is 0 Å². The summed E-state index contributed by atoms with van der Waals surface area (Å²) in [5.41, 5.74) is 1.02. The number of methoxy groups -OCH3 is 2. The fourth-order valence-corrected chi connectivity index (χ4v) is 4.29. The van der Waals surface area contributed by atoms with Crippen LogP contribution < -0.4 is 14.8 Å². The standard InChI is InChI=1S/C23H32N4O6/c1-14(24-22(30)31)20(28)26-10-8-16(9-11-26)27-21(29)23(2,3)13-17(25-27)15-6-7-18(32-4)19(12-15)33-5/h6-7,12,14,16,24H,8-11,13H2,1-5H3,(H,30,31)/t14-/m1/s1. The SMILES string of the molecule is COc1ccc(C2=NN(C3CCN(C(=O)[C@@H](C)NC(=O)O)CC3)C(=O)C(C)(C)C2)cc1OC. The van der Waals surface area contributed by atoms with Gasteiger partial charge in [-0.15, -0.1) is 0 Å². The van der Waals surface area contributed by atoms with Crippen LogP contribution in [0.5, 0.6) is 11.5 Å². The van der Waals surface area contributed by atoms with Crippen LogP contribution in [-0.4, -0.2) is 78.0 Å². The van der Waals surface area contributed by atoms with E-state index in [4.69, 9.17) is 19.7 Å². The van der Waals surface area contributed by atoms with Crippen molar-refractivity contribution in [2.24, 2.45) is 10.5 Å². The fourth-order valence-electron chi connectivity index (χ4n) is 4.29. The van der Waals surface area contributed by atoms with Crippen molar-refractivity contribution in [1.29, 1.82) is 0 Å². The molecule has 0 radical (unpaired) electrons. The van der Waals surface area contributed by atoms with Gasteiger partial charge in [-0.1, -0.05) is 13.8 Å². The first-order chi connectivity index (χ1) is 15.6. The molecule has 2 aliphatic rings. The van der Waals surface area contributed by atoms with E-state index in [1.54, 1.807) is 24.1 Å². The van der Waals surface area contributed by atoms with Crippen LogP contribution in [0.1, 0.15) is 45.6 Å². The zero-order valence-electron chi connectivity index (χ0n) is 19.8. The van der Waals surface area contributed by atoms with Gasteiger partial charge in [0.2, 0.25) is 11.8 Å². The van der Waals surface area contributed by atoms with E-state index >= 15 is 0 Å². The van der Waals surface area contributed by atoms with E-state index in [1.165, 1.54) is 6.92 Å². The van der Waals surface area contributed by atoms with Gasteiger partial charge in [0.15, 0.2) is 11.5 Å². The Morgan fingerprint density at radius 1 is 1.18 bits per heavy atom. The average molecular weight is 461 g/mol. The Kier molecular flexibility index (Phi) is 7.14. The first kappa shape index (κ1) is 24.3. The summed E-state index contributed by atoms with van der Waals surface area (Å²) in [5, 5.41) is 17.4. The number of carboxylic acid groups (broad SMARTS) is 1. The van der Waals surface area contributed by atoms with Crippen LogP contribution in [0, 0.1) is 5.41 Å². The number of nitrogens with one attached hydrogen (secondary N) is 1. The van der Waals surface area contributed by atoms with E-state index in [0.29, 0.717) is 43.9 Å². The second kappa shape index (κ2) is 9.68. The number of benzene rings is 1. The number of carbonyl (C=O) groups excluding carboxylic acids is 2. The number of nitrogens with zero attached hydrogens (tertiary/aromatic N) is 3. The van der Waals surface area contributed by atoms with Crippen molar-refractivity contribution in [2.75, 3.05) is 27.3 Å². The number of hydrogen-bond donors (Lipinski definition) is 2. The van der Waals surface area contributed by atoms with Crippen LogP contribution in [0.15, 0.2) is 23.3 Å². The maximum absolute atomic E-state index is 13.2. The lowest BCUT2D eigenvalue weighted by Crippen LogP contribution is -2.54. The van der Waals surface area contributed by atoms with Crippen molar-refractivity contribution >= 4 is 23.6 Å². The second-order valence-electron chi connectivity index (χ2n) is 9.05. The molecule has 1 fully saturated rings. The molecule has 0 saturated carbocycles. The molecule has 2 heterocycles. The zero-order chi connectivity index (χ0) is 24.3. The lowest BCUT2D eigenvalue weighted by atomic mass is 9.82. The van der Waals surface area contributed by atoms with Crippen LogP contribution in [0.3, 0.4) is 0 Å². The number of likely N-dealkylation sites (tertiary alicyclic amines) is 1. The summed E-state index contributed by atoms with van der Waals surface area (Å²) in [5.74, 6) is 0.899. The summed E-state index contributed by atoms with van der Waals surface area (Å²) in [6.45, 7) is 6.21. The van der Waals surface area contributed by atoms with Gasteiger partial charge in [-0.2, -0.15) is 5.10 Å². The minimum absolute atomic E-state index is 0.0441. The van der Waals surface area contributed by atoms with Crippen molar-refractivity contribution in [3.63, 3.8) is 0 Å². The minimum Gasteiger partial charge on any atom is -0.493 e. The molecule has 3 rings (SSSR count). The minimum atomic E-state index is -1.23. The Bertz CT molecular complexity index is 952. The van der Waals surface area contributed by atoms with Gasteiger partial charge in [0.05, 0.1) is 31.4 Å². The van der Waals surface area contributed by atoms with Gasteiger partial charge in [0.25, 0.3) is 0 Å². The highest BCUT2D eigenvalue weighted by atomic mass is 16.5. The highest BCUT2D eigenvalue weighted by molar-refractivity contribution is 6.06. The molecule has 33 heavy (non-hydrogen) atoms. The Morgan fingerprint density at radius 2 is 1.82 bits per heavy atom. The Balaban J connectivity index is 1.79. The molecule has 2 aliphatic heterocycles. The number of carbonyl (C=O) groups is 3. The number of piperidine rings is 1. The Labute approximate surface area is 193 Å². The molecule has 1 aromatic rings. The topological polar surface area (TPSA) is 121 Å². The maximum atomic E-state index is 13.2. The van der Waals surface area contributed by atoms with E-state index in [2.05, 4.69) is 5.32 Å². The van der Waals surface area contributed by atoms with Crippen molar-refractivity contribution in [1.82, 2.24) is 15.2 Å². The van der Waals surface area contributed by atoms with E-state index in [0.717, 1.165) is 11.3 Å². The Morgan fingerprint density at radius 3 is 2.39 bits per heavy atom.